The summed E-state index contributed by atoms with van der Waals surface area (Å²) in [5.74, 6) is -0.312. The molecule has 1 aromatic carbocycles. The molecule has 0 saturated heterocycles. The number of benzene rings is 1. The van der Waals surface area contributed by atoms with Gasteiger partial charge in [-0.3, -0.25) is 0 Å². The number of rotatable bonds is 1. The van der Waals surface area contributed by atoms with Crippen LogP contribution < -0.4 is 0 Å². The summed E-state index contributed by atoms with van der Waals surface area (Å²) in [5, 5.41) is 0.249. The molecule has 0 aliphatic carbocycles. The van der Waals surface area contributed by atoms with E-state index in [4.69, 9.17) is 11.6 Å². The van der Waals surface area contributed by atoms with Crippen LogP contribution in [0.1, 0.15) is 0 Å². The number of nitrogens with zero attached hydrogens (tertiary/aromatic N) is 1. The van der Waals surface area contributed by atoms with Gasteiger partial charge >= 0.3 is 0 Å². The Morgan fingerprint density at radius 1 is 1.43 bits per heavy atom. The van der Waals surface area contributed by atoms with Crippen LogP contribution in [0.15, 0.2) is 28.9 Å². The van der Waals surface area contributed by atoms with Crippen molar-refractivity contribution in [3.63, 3.8) is 0 Å². The third-order valence-electron chi connectivity index (χ3n) is 1.76. The van der Waals surface area contributed by atoms with Crippen molar-refractivity contribution in [3.05, 3.63) is 40.0 Å². The Morgan fingerprint density at radius 2 is 2.21 bits per heavy atom. The molecular formula is C9H5BrClFN2. The molecular weight excluding hydrogens is 270 g/mol. The Balaban J connectivity index is 2.55. The van der Waals surface area contributed by atoms with Crippen molar-refractivity contribution in [3.8, 4) is 11.3 Å². The van der Waals surface area contributed by atoms with Crippen LogP contribution in [0, 0.1) is 5.82 Å². The first-order valence-electron chi connectivity index (χ1n) is 3.83. The Morgan fingerprint density at radius 3 is 2.86 bits per heavy atom. The smallest absolute Gasteiger partial charge is 0.200 e. The van der Waals surface area contributed by atoms with Gasteiger partial charge in [0.2, 0.25) is 0 Å². The molecule has 0 radical (unpaired) electrons. The summed E-state index contributed by atoms with van der Waals surface area (Å²) >= 11 is 8.87. The highest BCUT2D eigenvalue weighted by atomic mass is 79.9. The molecule has 5 heteroatoms. The highest BCUT2D eigenvalue weighted by molar-refractivity contribution is 9.10. The van der Waals surface area contributed by atoms with Gasteiger partial charge in [0.1, 0.15) is 5.82 Å². The van der Waals surface area contributed by atoms with E-state index in [0.717, 1.165) is 4.47 Å². The van der Waals surface area contributed by atoms with Gasteiger partial charge in [-0.15, -0.1) is 0 Å². The lowest BCUT2D eigenvalue weighted by Gasteiger charge is -2.00. The summed E-state index contributed by atoms with van der Waals surface area (Å²) in [6.07, 6.45) is 1.49. The molecule has 0 spiro atoms. The zero-order chi connectivity index (χ0) is 10.1. The Labute approximate surface area is 93.3 Å². The summed E-state index contributed by atoms with van der Waals surface area (Å²) in [6.45, 7) is 0. The van der Waals surface area contributed by atoms with E-state index >= 15 is 0 Å². The van der Waals surface area contributed by atoms with Gasteiger partial charge < -0.3 is 4.98 Å². The van der Waals surface area contributed by atoms with Gasteiger partial charge in [-0.1, -0.05) is 15.9 Å². The van der Waals surface area contributed by atoms with E-state index in [1.807, 2.05) is 0 Å². The van der Waals surface area contributed by atoms with Crippen molar-refractivity contribution in [2.75, 3.05) is 0 Å². The predicted octanol–water partition coefficient (Wildman–Crippen LogP) is 3.63. The van der Waals surface area contributed by atoms with E-state index < -0.39 is 0 Å². The molecule has 72 valence electrons. The van der Waals surface area contributed by atoms with Crippen LogP contribution in [0.5, 0.6) is 0 Å². The van der Waals surface area contributed by atoms with Gasteiger partial charge in [-0.2, -0.15) is 0 Å². The van der Waals surface area contributed by atoms with E-state index in [1.54, 1.807) is 12.1 Å². The fourth-order valence-corrected chi connectivity index (χ4v) is 1.65. The predicted molar refractivity (Wildman–Crippen MR) is 56.7 cm³/mol. The second-order valence-corrected chi connectivity index (χ2v) is 3.99. The number of aromatic amines is 1. The number of hydrogen-bond acceptors (Lipinski definition) is 1. The maximum Gasteiger partial charge on any atom is 0.200 e. The molecule has 0 saturated carbocycles. The first-order valence-corrected chi connectivity index (χ1v) is 5.00. The van der Waals surface area contributed by atoms with E-state index in [0.29, 0.717) is 11.3 Å². The average molecular weight is 276 g/mol. The lowest BCUT2D eigenvalue weighted by atomic mass is 10.1. The molecule has 2 nitrogen and oxygen atoms in total. The molecule has 1 N–H and O–H groups in total. The molecule has 2 aromatic rings. The normalized spacial score (nSPS) is 10.5. The monoisotopic (exact) mass is 274 g/mol. The minimum Gasteiger partial charge on any atom is -0.329 e. The van der Waals surface area contributed by atoms with Crippen molar-refractivity contribution in [2.45, 2.75) is 0 Å². The lowest BCUT2D eigenvalue weighted by Crippen LogP contribution is -1.83. The minimum atomic E-state index is -0.312. The van der Waals surface area contributed by atoms with E-state index in [-0.39, 0.29) is 11.1 Å². The number of aromatic nitrogens is 2. The SMILES string of the molecule is Fc1ccc(Br)cc1-c1cnc(Cl)[nH]1. The Hall–Kier alpha value is -0.870. The van der Waals surface area contributed by atoms with Crippen LogP contribution >= 0.6 is 27.5 Å². The molecule has 1 heterocycles. The van der Waals surface area contributed by atoms with Gasteiger partial charge in [-0.05, 0) is 29.8 Å². The van der Waals surface area contributed by atoms with Crippen LogP contribution in [-0.4, -0.2) is 9.97 Å². The first-order chi connectivity index (χ1) is 6.66. The highest BCUT2D eigenvalue weighted by Crippen LogP contribution is 2.25. The number of halogens is 3. The molecule has 0 aliphatic heterocycles. The largest absolute Gasteiger partial charge is 0.329 e. The second kappa shape index (κ2) is 3.71. The molecule has 0 fully saturated rings. The molecule has 14 heavy (non-hydrogen) atoms. The number of H-pyrrole nitrogens is 1. The summed E-state index contributed by atoms with van der Waals surface area (Å²) in [4.78, 5) is 6.55. The van der Waals surface area contributed by atoms with E-state index in [1.165, 1.54) is 12.3 Å². The van der Waals surface area contributed by atoms with Gasteiger partial charge in [0.15, 0.2) is 5.28 Å². The van der Waals surface area contributed by atoms with Crippen LogP contribution in [0.2, 0.25) is 5.28 Å². The van der Waals surface area contributed by atoms with Crippen molar-refractivity contribution in [2.24, 2.45) is 0 Å². The summed E-state index contributed by atoms with van der Waals surface area (Å²) in [6, 6.07) is 4.68. The topological polar surface area (TPSA) is 28.7 Å². The van der Waals surface area contributed by atoms with Crippen molar-refractivity contribution < 1.29 is 4.39 Å². The Kier molecular flexibility index (Phi) is 2.56. The van der Waals surface area contributed by atoms with Gasteiger partial charge in [0.05, 0.1) is 11.9 Å². The molecule has 0 aliphatic rings. The van der Waals surface area contributed by atoms with Crippen LogP contribution in [0.25, 0.3) is 11.3 Å². The van der Waals surface area contributed by atoms with Gasteiger partial charge in [-0.25, -0.2) is 9.37 Å². The Bertz CT molecular complexity index is 470. The fraction of sp³-hybridized carbons (Fsp3) is 0. The zero-order valence-electron chi connectivity index (χ0n) is 6.89. The van der Waals surface area contributed by atoms with Crippen LogP contribution in [0.3, 0.4) is 0 Å². The van der Waals surface area contributed by atoms with Crippen LogP contribution in [-0.2, 0) is 0 Å². The van der Waals surface area contributed by atoms with Crippen molar-refractivity contribution in [1.82, 2.24) is 9.97 Å². The highest BCUT2D eigenvalue weighted by Gasteiger charge is 2.07. The van der Waals surface area contributed by atoms with Crippen LogP contribution in [0.4, 0.5) is 4.39 Å². The summed E-state index contributed by atoms with van der Waals surface area (Å²) in [5.41, 5.74) is 1.01. The summed E-state index contributed by atoms with van der Waals surface area (Å²) in [7, 11) is 0. The first kappa shape index (κ1) is 9.68. The quantitative estimate of drug-likeness (QED) is 0.846. The lowest BCUT2D eigenvalue weighted by molar-refractivity contribution is 0.630. The molecule has 0 amide bonds. The molecule has 0 unspecified atom stereocenters. The third kappa shape index (κ3) is 1.81. The fourth-order valence-electron chi connectivity index (χ4n) is 1.14. The molecule has 1 aromatic heterocycles. The average Bonchev–Trinajstić information content (AvgIpc) is 2.56. The molecule has 2 rings (SSSR count). The molecule has 0 atom stereocenters. The minimum absolute atomic E-state index is 0.249. The van der Waals surface area contributed by atoms with E-state index in [2.05, 4.69) is 25.9 Å². The van der Waals surface area contributed by atoms with Crippen molar-refractivity contribution >= 4 is 27.5 Å². The zero-order valence-corrected chi connectivity index (χ0v) is 9.23. The maximum atomic E-state index is 13.4. The van der Waals surface area contributed by atoms with Gasteiger partial charge in [0, 0.05) is 10.0 Å². The van der Waals surface area contributed by atoms with Crippen molar-refractivity contribution in [1.29, 1.82) is 0 Å². The summed E-state index contributed by atoms with van der Waals surface area (Å²) < 4.78 is 14.2. The number of imidazole rings is 1. The van der Waals surface area contributed by atoms with E-state index in [9.17, 15) is 4.39 Å². The third-order valence-corrected chi connectivity index (χ3v) is 2.45. The maximum absolute atomic E-state index is 13.4. The number of hydrogen-bond donors (Lipinski definition) is 1. The number of nitrogens with one attached hydrogen (secondary N) is 1. The van der Waals surface area contributed by atoms with Gasteiger partial charge in [0.25, 0.3) is 0 Å². The standard InChI is InChI=1S/C9H5BrClFN2/c10-5-1-2-7(12)6(3-5)8-4-13-9(11)14-8/h1-4H,(H,13,14). The molecule has 0 bridgehead atoms. The second-order valence-electron chi connectivity index (χ2n) is 2.71.